The first-order valence-electron chi connectivity index (χ1n) is 10.3. The van der Waals surface area contributed by atoms with Gasteiger partial charge >= 0.3 is 0 Å². The van der Waals surface area contributed by atoms with Crippen molar-refractivity contribution in [1.29, 1.82) is 0 Å². The normalized spacial score (nSPS) is 15.2. The number of ether oxygens (including phenoxy) is 1. The van der Waals surface area contributed by atoms with Crippen molar-refractivity contribution in [1.82, 2.24) is 4.90 Å². The molecule has 2 heterocycles. The lowest BCUT2D eigenvalue weighted by molar-refractivity contribution is 0.0714. The summed E-state index contributed by atoms with van der Waals surface area (Å²) in [5.74, 6) is -0.0430. The first-order chi connectivity index (χ1) is 15.5. The van der Waals surface area contributed by atoms with Crippen molar-refractivity contribution >= 4 is 16.9 Å². The molecule has 0 saturated heterocycles. The number of rotatable bonds is 4. The van der Waals surface area contributed by atoms with Crippen LogP contribution in [0.4, 0.5) is 0 Å². The second kappa shape index (κ2) is 7.57. The SMILES string of the molecule is COc1cc([C@@H]2c3c(oc4ccccc4c3=O)C(=O)N2Cc2ccc(C)cc2)ccc1O. The number of phenols is 1. The van der Waals surface area contributed by atoms with Crippen molar-refractivity contribution in [2.75, 3.05) is 7.11 Å². The number of para-hydroxylation sites is 1. The van der Waals surface area contributed by atoms with Crippen LogP contribution in [0.1, 0.15) is 38.9 Å². The van der Waals surface area contributed by atoms with Crippen LogP contribution >= 0.6 is 0 Å². The number of carbonyl (C=O) groups is 1. The Bertz CT molecular complexity index is 1400. The van der Waals surface area contributed by atoms with Crippen LogP contribution in [0.15, 0.2) is 75.9 Å². The number of aryl methyl sites for hydroxylation is 1. The van der Waals surface area contributed by atoms with E-state index in [1.807, 2.05) is 31.2 Å². The summed E-state index contributed by atoms with van der Waals surface area (Å²) in [7, 11) is 1.46. The number of fused-ring (bicyclic) bond motifs is 2. The second-order valence-electron chi connectivity index (χ2n) is 7.92. The summed E-state index contributed by atoms with van der Waals surface area (Å²) in [6.45, 7) is 2.30. The first-order valence-corrected chi connectivity index (χ1v) is 10.3. The highest BCUT2D eigenvalue weighted by Gasteiger charge is 2.42. The standard InChI is InChI=1S/C26H21NO5/c1-15-7-9-16(10-8-15)14-27-23(17-11-12-19(28)21(13-17)31-2)22-24(29)18-5-3-4-6-20(18)32-25(22)26(27)30/h3-13,23,28H,14H2,1-2H3/t23-/m1/s1. The van der Waals surface area contributed by atoms with E-state index < -0.39 is 6.04 Å². The number of carbonyl (C=O) groups excluding carboxylic acids is 1. The van der Waals surface area contributed by atoms with Crippen molar-refractivity contribution < 1.29 is 19.1 Å². The Labute approximate surface area is 184 Å². The van der Waals surface area contributed by atoms with E-state index in [9.17, 15) is 14.7 Å². The van der Waals surface area contributed by atoms with Crippen LogP contribution in [0, 0.1) is 6.92 Å². The zero-order valence-electron chi connectivity index (χ0n) is 17.7. The number of benzene rings is 3. The van der Waals surface area contributed by atoms with Gasteiger partial charge in [-0.2, -0.15) is 0 Å². The van der Waals surface area contributed by atoms with Crippen LogP contribution in [0.3, 0.4) is 0 Å². The topological polar surface area (TPSA) is 80.0 Å². The Morgan fingerprint density at radius 3 is 2.53 bits per heavy atom. The molecule has 1 N–H and O–H groups in total. The molecule has 0 fully saturated rings. The molecule has 0 saturated carbocycles. The molecule has 1 atom stereocenters. The van der Waals surface area contributed by atoms with E-state index in [-0.39, 0.29) is 28.6 Å². The molecule has 4 aromatic rings. The monoisotopic (exact) mass is 427 g/mol. The maximum Gasteiger partial charge on any atom is 0.291 e. The zero-order valence-corrected chi connectivity index (χ0v) is 17.7. The Morgan fingerprint density at radius 1 is 1.03 bits per heavy atom. The van der Waals surface area contributed by atoms with Crippen molar-refractivity contribution in [2.45, 2.75) is 19.5 Å². The van der Waals surface area contributed by atoms with Gasteiger partial charge in [0.05, 0.1) is 24.1 Å². The van der Waals surface area contributed by atoms with E-state index in [1.54, 1.807) is 41.3 Å². The summed E-state index contributed by atoms with van der Waals surface area (Å²) in [5, 5.41) is 10.5. The van der Waals surface area contributed by atoms with Gasteiger partial charge in [0, 0.05) is 6.54 Å². The molecule has 0 aliphatic carbocycles. The summed E-state index contributed by atoms with van der Waals surface area (Å²) >= 11 is 0. The van der Waals surface area contributed by atoms with Gasteiger partial charge in [0.15, 0.2) is 16.9 Å². The molecule has 6 heteroatoms. The van der Waals surface area contributed by atoms with Crippen LogP contribution in [0.2, 0.25) is 0 Å². The molecule has 0 bridgehead atoms. The van der Waals surface area contributed by atoms with Gasteiger partial charge in [-0.05, 0) is 42.3 Å². The Kier molecular flexibility index (Phi) is 4.70. The van der Waals surface area contributed by atoms with Gasteiger partial charge in [0.1, 0.15) is 5.58 Å². The largest absolute Gasteiger partial charge is 0.504 e. The molecule has 32 heavy (non-hydrogen) atoms. The Balaban J connectivity index is 1.72. The summed E-state index contributed by atoms with van der Waals surface area (Å²) in [6.07, 6.45) is 0. The van der Waals surface area contributed by atoms with E-state index in [2.05, 4.69) is 0 Å². The molecule has 1 aliphatic rings. The molecule has 5 rings (SSSR count). The molecular weight excluding hydrogens is 406 g/mol. The van der Waals surface area contributed by atoms with Gasteiger partial charge in [0.2, 0.25) is 5.76 Å². The van der Waals surface area contributed by atoms with Crippen LogP contribution in [-0.4, -0.2) is 23.0 Å². The molecule has 0 radical (unpaired) electrons. The lowest BCUT2D eigenvalue weighted by atomic mass is 9.97. The van der Waals surface area contributed by atoms with Crippen molar-refractivity contribution in [2.24, 2.45) is 0 Å². The van der Waals surface area contributed by atoms with Gasteiger partial charge in [-0.25, -0.2) is 0 Å². The summed E-state index contributed by atoms with van der Waals surface area (Å²) in [6, 6.07) is 19.0. The molecule has 0 spiro atoms. The van der Waals surface area contributed by atoms with Gasteiger partial charge in [-0.3, -0.25) is 9.59 Å². The highest BCUT2D eigenvalue weighted by Crippen LogP contribution is 2.41. The molecule has 3 aromatic carbocycles. The van der Waals surface area contributed by atoms with Crippen molar-refractivity contribution in [3.8, 4) is 11.5 Å². The molecular formula is C26H21NO5. The number of nitrogens with zero attached hydrogens (tertiary/aromatic N) is 1. The predicted molar refractivity (Wildman–Crippen MR) is 120 cm³/mol. The fourth-order valence-corrected chi connectivity index (χ4v) is 4.23. The van der Waals surface area contributed by atoms with Crippen LogP contribution in [-0.2, 0) is 6.54 Å². The molecule has 1 amide bonds. The fourth-order valence-electron chi connectivity index (χ4n) is 4.23. The van der Waals surface area contributed by atoms with Gasteiger partial charge in [0.25, 0.3) is 5.91 Å². The molecule has 160 valence electrons. The van der Waals surface area contributed by atoms with Gasteiger partial charge in [-0.15, -0.1) is 0 Å². The second-order valence-corrected chi connectivity index (χ2v) is 7.92. The summed E-state index contributed by atoms with van der Waals surface area (Å²) in [4.78, 5) is 28.6. The average Bonchev–Trinajstić information content (AvgIpc) is 3.08. The maximum absolute atomic E-state index is 13.5. The van der Waals surface area contributed by atoms with Crippen LogP contribution in [0.25, 0.3) is 11.0 Å². The minimum Gasteiger partial charge on any atom is -0.504 e. The lowest BCUT2D eigenvalue weighted by Crippen LogP contribution is -2.29. The van der Waals surface area contributed by atoms with E-state index in [1.165, 1.54) is 13.2 Å². The lowest BCUT2D eigenvalue weighted by Gasteiger charge is -2.25. The van der Waals surface area contributed by atoms with E-state index >= 15 is 0 Å². The average molecular weight is 427 g/mol. The Morgan fingerprint density at radius 2 is 1.78 bits per heavy atom. The van der Waals surface area contributed by atoms with Gasteiger partial charge in [-0.1, -0.05) is 48.0 Å². The van der Waals surface area contributed by atoms with Crippen molar-refractivity contribution in [3.05, 3.63) is 105 Å². The van der Waals surface area contributed by atoms with Crippen molar-refractivity contribution in [3.63, 3.8) is 0 Å². The Hall–Kier alpha value is -4.06. The van der Waals surface area contributed by atoms with Gasteiger partial charge < -0.3 is 19.2 Å². The number of phenolic OH excluding ortho intramolecular Hbond substituents is 1. The quantitative estimate of drug-likeness (QED) is 0.516. The first kappa shape index (κ1) is 19.9. The summed E-state index contributed by atoms with van der Waals surface area (Å²) in [5.41, 5.74) is 3.15. The highest BCUT2D eigenvalue weighted by atomic mass is 16.5. The van der Waals surface area contributed by atoms with Crippen LogP contribution in [0.5, 0.6) is 11.5 Å². The minimum absolute atomic E-state index is 0.0172. The summed E-state index contributed by atoms with van der Waals surface area (Å²) < 4.78 is 11.2. The molecule has 1 aromatic heterocycles. The number of amides is 1. The third-order valence-corrected chi connectivity index (χ3v) is 5.87. The molecule has 6 nitrogen and oxygen atoms in total. The smallest absolute Gasteiger partial charge is 0.291 e. The van der Waals surface area contributed by atoms with E-state index in [0.717, 1.165) is 11.1 Å². The zero-order chi connectivity index (χ0) is 22.4. The third-order valence-electron chi connectivity index (χ3n) is 5.87. The fraction of sp³-hybridized carbons (Fsp3) is 0.154. The number of hydrogen-bond donors (Lipinski definition) is 1. The predicted octanol–water partition coefficient (Wildman–Crippen LogP) is 4.56. The highest BCUT2D eigenvalue weighted by molar-refractivity contribution is 5.99. The maximum atomic E-state index is 13.5. The number of aromatic hydroxyl groups is 1. The molecule has 0 unspecified atom stereocenters. The molecule has 1 aliphatic heterocycles. The minimum atomic E-state index is -0.672. The number of hydrogen-bond acceptors (Lipinski definition) is 5. The van der Waals surface area contributed by atoms with E-state index in [0.29, 0.717) is 28.6 Å². The van der Waals surface area contributed by atoms with E-state index in [4.69, 9.17) is 9.15 Å². The number of methoxy groups -OCH3 is 1. The van der Waals surface area contributed by atoms with Crippen LogP contribution < -0.4 is 10.2 Å². The third kappa shape index (κ3) is 3.12.